The second-order valence-corrected chi connectivity index (χ2v) is 12.7. The lowest BCUT2D eigenvalue weighted by molar-refractivity contribution is -0.163. The van der Waals surface area contributed by atoms with Gasteiger partial charge in [-0.2, -0.15) is 0 Å². The Balaban J connectivity index is 1.37. The molecular weight excluding hydrogens is 646 g/mol. The Kier molecular flexibility index (Phi) is 12.8. The van der Waals surface area contributed by atoms with Gasteiger partial charge in [-0.25, -0.2) is 14.6 Å². The molecule has 1 saturated carbocycles. The third-order valence-electron chi connectivity index (χ3n) is 9.41. The van der Waals surface area contributed by atoms with Crippen molar-refractivity contribution >= 4 is 30.1 Å². The van der Waals surface area contributed by atoms with E-state index in [0.717, 1.165) is 44.1 Å². The van der Waals surface area contributed by atoms with Gasteiger partial charge in [0.15, 0.2) is 18.1 Å². The van der Waals surface area contributed by atoms with Crippen LogP contribution in [-0.2, 0) is 30.3 Å². The highest BCUT2D eigenvalue weighted by molar-refractivity contribution is 5.93. The zero-order valence-corrected chi connectivity index (χ0v) is 28.5. The van der Waals surface area contributed by atoms with Crippen LogP contribution in [0, 0.1) is 5.92 Å². The first-order valence-corrected chi connectivity index (χ1v) is 17.2. The van der Waals surface area contributed by atoms with Gasteiger partial charge in [-0.1, -0.05) is 37.5 Å². The average molecular weight is 692 g/mol. The van der Waals surface area contributed by atoms with Crippen molar-refractivity contribution in [2.45, 2.75) is 88.6 Å². The molecule has 0 aromatic heterocycles. The predicted molar refractivity (Wildman–Crippen MR) is 181 cm³/mol. The van der Waals surface area contributed by atoms with E-state index in [-0.39, 0.29) is 11.8 Å². The molecule has 4 atom stereocenters. The number of hydrogen-bond acceptors (Lipinski definition) is 11. The lowest BCUT2D eigenvalue weighted by atomic mass is 9.82. The van der Waals surface area contributed by atoms with E-state index in [9.17, 15) is 19.2 Å². The van der Waals surface area contributed by atoms with Crippen LogP contribution in [0.1, 0.15) is 75.0 Å². The highest BCUT2D eigenvalue weighted by Crippen LogP contribution is 2.33. The number of piperidine rings is 1. The van der Waals surface area contributed by atoms with Crippen LogP contribution in [0.25, 0.3) is 0 Å². The summed E-state index contributed by atoms with van der Waals surface area (Å²) in [5, 5.41) is 19.5. The average Bonchev–Trinajstić information content (AvgIpc) is 3.70. The number of carbonyl (C=O) groups is 4. The molecule has 2 aromatic carbocycles. The molecule has 1 aliphatic carbocycles. The quantitative estimate of drug-likeness (QED) is 0.252. The topological polar surface area (TPSA) is 178 Å². The van der Waals surface area contributed by atoms with Gasteiger partial charge in [0.1, 0.15) is 30.3 Å². The van der Waals surface area contributed by atoms with Gasteiger partial charge < -0.3 is 34.3 Å². The van der Waals surface area contributed by atoms with Gasteiger partial charge in [0.2, 0.25) is 12.1 Å². The third-order valence-corrected chi connectivity index (χ3v) is 9.41. The molecule has 0 bridgehead atoms. The normalized spacial score (nSPS) is 20.1. The van der Waals surface area contributed by atoms with E-state index in [2.05, 4.69) is 20.5 Å². The van der Waals surface area contributed by atoms with Gasteiger partial charge in [0.05, 0.1) is 14.2 Å². The predicted octanol–water partition coefficient (Wildman–Crippen LogP) is 4.65. The third kappa shape index (κ3) is 9.36. The number of aliphatic imine (C=N–C) groups is 1. The fourth-order valence-electron chi connectivity index (χ4n) is 6.83. The summed E-state index contributed by atoms with van der Waals surface area (Å²) in [5.74, 6) is -1.06. The molecule has 2 N–H and O–H groups in total. The number of benzene rings is 2. The second-order valence-electron chi connectivity index (χ2n) is 12.7. The van der Waals surface area contributed by atoms with Crippen LogP contribution in [0.5, 0.6) is 17.2 Å². The number of likely N-dealkylation sites (tertiary alicyclic amines) is 1. The van der Waals surface area contributed by atoms with Gasteiger partial charge >= 0.3 is 11.9 Å². The number of rotatable bonds is 15. The molecule has 1 saturated heterocycles. The zero-order chi connectivity index (χ0) is 35.5. The Morgan fingerprint density at radius 1 is 0.960 bits per heavy atom. The number of esters is 1. The first-order chi connectivity index (χ1) is 24.3. The number of nitrogens with one attached hydrogen (secondary N) is 1. The summed E-state index contributed by atoms with van der Waals surface area (Å²) in [6.45, 7) is -0.166. The van der Waals surface area contributed by atoms with E-state index in [1.54, 1.807) is 43.4 Å². The highest BCUT2D eigenvalue weighted by atomic mass is 16.5. The summed E-state index contributed by atoms with van der Waals surface area (Å²) in [6, 6.07) is 10.7. The summed E-state index contributed by atoms with van der Waals surface area (Å²) >= 11 is 0. The first kappa shape index (κ1) is 36.3. The number of carboxylic acid groups (broad SMARTS) is 1. The fourth-order valence-corrected chi connectivity index (χ4v) is 6.83. The van der Waals surface area contributed by atoms with Crippen molar-refractivity contribution in [1.29, 1.82) is 0 Å². The van der Waals surface area contributed by atoms with E-state index >= 15 is 0 Å². The molecule has 2 unspecified atom stereocenters. The number of carbonyl (C=O) groups excluding carboxylic acids is 3. The maximum absolute atomic E-state index is 14.3. The largest absolute Gasteiger partial charge is 0.493 e. The lowest BCUT2D eigenvalue weighted by Crippen LogP contribution is -2.59. The molecule has 2 heterocycles. The number of aliphatic carboxylic acids is 1. The Morgan fingerprint density at radius 3 is 2.46 bits per heavy atom. The lowest BCUT2D eigenvalue weighted by Gasteiger charge is -2.39. The molecule has 14 heteroatoms. The molecule has 3 aliphatic rings. The summed E-state index contributed by atoms with van der Waals surface area (Å²) in [6.07, 6.45) is 6.73. The number of amides is 2. The molecule has 5 rings (SSSR count). The SMILES string of the molecule is COc1ccc(CCC(OC(=O)[C@@H]2CCCCN2C(=O)[C@@H](NC(=O)C2N=CN=N2)C2CCCCC2)c2cccc(OCC(=O)O)c2)cc1OC. The smallest absolute Gasteiger partial charge is 0.341 e. The number of hydrogen-bond donors (Lipinski definition) is 2. The molecule has 50 heavy (non-hydrogen) atoms. The molecule has 14 nitrogen and oxygen atoms in total. The van der Waals surface area contributed by atoms with Gasteiger partial charge in [-0.05, 0) is 86.3 Å². The molecule has 2 amide bonds. The van der Waals surface area contributed by atoms with Crippen LogP contribution in [-0.4, -0.2) is 85.7 Å². The zero-order valence-electron chi connectivity index (χ0n) is 28.5. The van der Waals surface area contributed by atoms with E-state index < -0.39 is 48.8 Å². The number of nitrogens with zero attached hydrogens (tertiary/aromatic N) is 4. The number of ether oxygens (including phenoxy) is 4. The van der Waals surface area contributed by atoms with Crippen molar-refractivity contribution in [3.63, 3.8) is 0 Å². The Morgan fingerprint density at radius 2 is 1.74 bits per heavy atom. The van der Waals surface area contributed by atoms with Crippen molar-refractivity contribution in [3.05, 3.63) is 53.6 Å². The van der Waals surface area contributed by atoms with E-state index in [0.29, 0.717) is 55.0 Å². The molecule has 268 valence electrons. The van der Waals surface area contributed by atoms with E-state index in [1.807, 2.05) is 18.2 Å². The Labute approximate surface area is 291 Å². The summed E-state index contributed by atoms with van der Waals surface area (Å²) in [4.78, 5) is 58.2. The minimum atomic E-state index is -1.11. The van der Waals surface area contributed by atoms with Crippen LogP contribution in [0.4, 0.5) is 0 Å². The monoisotopic (exact) mass is 691 g/mol. The Hall–Kier alpha value is -5.01. The van der Waals surface area contributed by atoms with Crippen molar-refractivity contribution in [2.24, 2.45) is 21.1 Å². The van der Waals surface area contributed by atoms with Gasteiger partial charge in [-0.15, -0.1) is 10.2 Å². The summed E-state index contributed by atoms with van der Waals surface area (Å²) < 4.78 is 22.5. The van der Waals surface area contributed by atoms with Crippen molar-refractivity contribution in [3.8, 4) is 17.2 Å². The van der Waals surface area contributed by atoms with Gasteiger partial charge in [0.25, 0.3) is 5.91 Å². The molecule has 2 fully saturated rings. The van der Waals surface area contributed by atoms with E-state index in [1.165, 1.54) is 6.34 Å². The maximum atomic E-state index is 14.3. The van der Waals surface area contributed by atoms with Crippen molar-refractivity contribution in [2.75, 3.05) is 27.4 Å². The molecule has 2 aliphatic heterocycles. The minimum Gasteiger partial charge on any atom is -0.493 e. The first-order valence-electron chi connectivity index (χ1n) is 17.2. The summed E-state index contributed by atoms with van der Waals surface area (Å²) in [7, 11) is 3.12. The molecule has 0 radical (unpaired) electrons. The summed E-state index contributed by atoms with van der Waals surface area (Å²) in [5.41, 5.74) is 1.54. The Bertz CT molecular complexity index is 1560. The second kappa shape index (κ2) is 17.6. The maximum Gasteiger partial charge on any atom is 0.341 e. The van der Waals surface area contributed by atoms with Crippen LogP contribution in [0.3, 0.4) is 0 Å². The number of methoxy groups -OCH3 is 2. The number of aryl methyl sites for hydroxylation is 1. The molecule has 0 spiro atoms. The van der Waals surface area contributed by atoms with Crippen LogP contribution >= 0.6 is 0 Å². The van der Waals surface area contributed by atoms with Crippen LogP contribution in [0.2, 0.25) is 0 Å². The molecule has 2 aromatic rings. The van der Waals surface area contributed by atoms with Crippen molar-refractivity contribution < 1.29 is 43.2 Å². The molecular formula is C36H45N5O9. The van der Waals surface area contributed by atoms with Gasteiger partial charge in [0, 0.05) is 6.54 Å². The van der Waals surface area contributed by atoms with Gasteiger partial charge in [-0.3, -0.25) is 9.59 Å². The van der Waals surface area contributed by atoms with Crippen LogP contribution < -0.4 is 19.5 Å². The highest BCUT2D eigenvalue weighted by Gasteiger charge is 2.41. The minimum absolute atomic E-state index is 0.0797. The van der Waals surface area contributed by atoms with Crippen LogP contribution in [0.15, 0.2) is 57.7 Å². The van der Waals surface area contributed by atoms with E-state index in [4.69, 9.17) is 24.1 Å². The van der Waals surface area contributed by atoms with Crippen molar-refractivity contribution in [1.82, 2.24) is 10.2 Å². The number of carboxylic acids is 1. The fraction of sp³-hybridized carbons (Fsp3) is 0.528. The standard InChI is InChI=1S/C36H45N5O9/c1-47-29-17-15-23(19-30(29)48-2)14-16-28(25-11-8-12-26(20-25)49-21-31(42)43)50-36(46)27-13-6-7-18-41(27)35(45)32(24-9-4-3-5-10-24)39-34(44)33-37-22-38-40-33/h8,11-12,15,17,19-20,22,24,27-28,32-33H,3-7,9-10,13-14,16,18,21H2,1-2H3,(H,39,44)(H,42,43)/t27-,28?,32-,33?/m0/s1. The number of azo groups is 1.